The van der Waals surface area contributed by atoms with Gasteiger partial charge in [0.25, 0.3) is 0 Å². The van der Waals surface area contributed by atoms with Crippen LogP contribution < -0.4 is 5.73 Å². The maximum atomic E-state index is 12.8. The van der Waals surface area contributed by atoms with Crippen molar-refractivity contribution in [2.24, 2.45) is 5.73 Å². The molecule has 2 N–H and O–H groups in total. The van der Waals surface area contributed by atoms with Crippen molar-refractivity contribution in [2.45, 2.75) is 31.2 Å². The van der Waals surface area contributed by atoms with Crippen molar-refractivity contribution < 1.29 is 17.9 Å². The largest absolute Gasteiger partial charge is 0.416 e. The van der Waals surface area contributed by atoms with Crippen LogP contribution in [0.2, 0.25) is 0 Å². The number of likely N-dealkylation sites (N-methyl/N-ethyl adjacent to an activating group) is 1. The minimum absolute atomic E-state index is 0.148. The zero-order chi connectivity index (χ0) is 15.5. The molecule has 21 heavy (non-hydrogen) atoms. The summed E-state index contributed by atoms with van der Waals surface area (Å²) in [6.45, 7) is 1.71. The van der Waals surface area contributed by atoms with Gasteiger partial charge in [-0.3, -0.25) is 4.90 Å². The molecule has 1 aliphatic heterocycles. The molecule has 0 spiro atoms. The van der Waals surface area contributed by atoms with Crippen LogP contribution in [-0.4, -0.2) is 37.7 Å². The van der Waals surface area contributed by atoms with Gasteiger partial charge >= 0.3 is 6.18 Å². The molecule has 2 rings (SSSR count). The fraction of sp³-hybridized carbons (Fsp3) is 0.600. The molecule has 0 aliphatic carbocycles. The van der Waals surface area contributed by atoms with E-state index in [1.807, 2.05) is 11.9 Å². The van der Waals surface area contributed by atoms with Gasteiger partial charge < -0.3 is 10.5 Å². The monoisotopic (exact) mass is 302 g/mol. The molecular weight excluding hydrogens is 281 g/mol. The first-order valence-corrected chi connectivity index (χ1v) is 7.11. The Morgan fingerprint density at radius 1 is 1.43 bits per heavy atom. The number of hydrogen-bond acceptors (Lipinski definition) is 3. The summed E-state index contributed by atoms with van der Waals surface area (Å²) in [5.41, 5.74) is 5.73. The Morgan fingerprint density at radius 3 is 2.76 bits per heavy atom. The van der Waals surface area contributed by atoms with Crippen molar-refractivity contribution in [3.63, 3.8) is 0 Å². The summed E-state index contributed by atoms with van der Waals surface area (Å²) >= 11 is 0. The SMILES string of the molecule is CN(CC1CCCO1)C(CN)c1cccc(C(F)(F)F)c1. The van der Waals surface area contributed by atoms with Gasteiger partial charge in [-0.15, -0.1) is 0 Å². The minimum Gasteiger partial charge on any atom is -0.377 e. The van der Waals surface area contributed by atoms with Gasteiger partial charge in [0.15, 0.2) is 0 Å². The maximum absolute atomic E-state index is 12.8. The van der Waals surface area contributed by atoms with Crippen molar-refractivity contribution in [3.05, 3.63) is 35.4 Å². The van der Waals surface area contributed by atoms with E-state index in [9.17, 15) is 13.2 Å². The van der Waals surface area contributed by atoms with E-state index in [0.717, 1.165) is 25.5 Å². The molecule has 0 saturated carbocycles. The summed E-state index contributed by atoms with van der Waals surface area (Å²) in [7, 11) is 1.87. The van der Waals surface area contributed by atoms with E-state index in [-0.39, 0.29) is 18.7 Å². The topological polar surface area (TPSA) is 38.5 Å². The summed E-state index contributed by atoms with van der Waals surface area (Å²) in [5, 5.41) is 0. The molecule has 1 aromatic rings. The van der Waals surface area contributed by atoms with Gasteiger partial charge in [0.1, 0.15) is 0 Å². The van der Waals surface area contributed by atoms with Gasteiger partial charge in [0.05, 0.1) is 11.7 Å². The Kier molecular flexibility index (Phi) is 5.24. The average Bonchev–Trinajstić information content (AvgIpc) is 2.92. The Hall–Kier alpha value is -1.11. The zero-order valence-corrected chi connectivity index (χ0v) is 12.1. The molecule has 0 amide bonds. The molecule has 1 saturated heterocycles. The van der Waals surface area contributed by atoms with Crippen molar-refractivity contribution in [1.29, 1.82) is 0 Å². The number of nitrogens with zero attached hydrogens (tertiary/aromatic N) is 1. The highest BCUT2D eigenvalue weighted by molar-refractivity contribution is 5.28. The van der Waals surface area contributed by atoms with Crippen molar-refractivity contribution >= 4 is 0 Å². The summed E-state index contributed by atoms with van der Waals surface area (Å²) in [6, 6.07) is 5.15. The smallest absolute Gasteiger partial charge is 0.377 e. The van der Waals surface area contributed by atoms with Crippen LogP contribution in [0.15, 0.2) is 24.3 Å². The Balaban J connectivity index is 2.12. The molecule has 0 bridgehead atoms. The Labute approximate surface area is 122 Å². The molecule has 1 aromatic carbocycles. The highest BCUT2D eigenvalue weighted by Crippen LogP contribution is 2.31. The zero-order valence-electron chi connectivity index (χ0n) is 12.1. The molecule has 2 atom stereocenters. The Bertz CT molecular complexity index is 458. The van der Waals surface area contributed by atoms with Crippen LogP contribution >= 0.6 is 0 Å². The fourth-order valence-corrected chi connectivity index (χ4v) is 2.73. The van der Waals surface area contributed by atoms with Crippen molar-refractivity contribution in [3.8, 4) is 0 Å². The molecule has 2 unspecified atom stereocenters. The standard InChI is InChI=1S/C15H21F3N2O/c1-20(10-13-6-3-7-21-13)14(9-19)11-4-2-5-12(8-11)15(16,17)18/h2,4-5,8,13-14H,3,6-7,9-10,19H2,1H3. The lowest BCUT2D eigenvalue weighted by molar-refractivity contribution is -0.137. The summed E-state index contributed by atoms with van der Waals surface area (Å²) < 4.78 is 44.0. The summed E-state index contributed by atoms with van der Waals surface area (Å²) in [6.07, 6.45) is -2.16. The van der Waals surface area contributed by atoms with Gasteiger partial charge in [0, 0.05) is 25.7 Å². The molecule has 1 fully saturated rings. The predicted molar refractivity (Wildman–Crippen MR) is 74.8 cm³/mol. The molecule has 1 aliphatic rings. The fourth-order valence-electron chi connectivity index (χ4n) is 2.73. The third-order valence-electron chi connectivity index (χ3n) is 3.87. The van der Waals surface area contributed by atoms with Crippen molar-refractivity contribution in [1.82, 2.24) is 4.90 Å². The maximum Gasteiger partial charge on any atom is 0.416 e. The molecule has 3 nitrogen and oxygen atoms in total. The number of halogens is 3. The summed E-state index contributed by atoms with van der Waals surface area (Å²) in [4.78, 5) is 1.98. The lowest BCUT2D eigenvalue weighted by atomic mass is 10.0. The highest BCUT2D eigenvalue weighted by Gasteiger charge is 2.31. The van der Waals surface area contributed by atoms with E-state index in [1.165, 1.54) is 12.1 Å². The quantitative estimate of drug-likeness (QED) is 0.909. The summed E-state index contributed by atoms with van der Waals surface area (Å²) in [5.74, 6) is 0. The van der Waals surface area contributed by atoms with Crippen LogP contribution in [0.5, 0.6) is 0 Å². The number of alkyl halides is 3. The molecule has 118 valence electrons. The second-order valence-electron chi connectivity index (χ2n) is 5.45. The molecule has 0 radical (unpaired) electrons. The number of hydrogen-bond donors (Lipinski definition) is 1. The minimum atomic E-state index is -4.33. The van der Waals surface area contributed by atoms with Crippen LogP contribution in [0.1, 0.15) is 30.0 Å². The van der Waals surface area contributed by atoms with Crippen molar-refractivity contribution in [2.75, 3.05) is 26.7 Å². The third-order valence-corrected chi connectivity index (χ3v) is 3.87. The first kappa shape index (κ1) is 16.3. The van der Waals surface area contributed by atoms with E-state index in [2.05, 4.69) is 0 Å². The highest BCUT2D eigenvalue weighted by atomic mass is 19.4. The predicted octanol–water partition coefficient (Wildman–Crippen LogP) is 2.82. The van der Waals surface area contributed by atoms with E-state index in [1.54, 1.807) is 6.07 Å². The van der Waals surface area contributed by atoms with Crippen LogP contribution in [0.4, 0.5) is 13.2 Å². The van der Waals surface area contributed by atoms with Gasteiger partial charge in [-0.25, -0.2) is 0 Å². The van der Waals surface area contributed by atoms with Crippen LogP contribution in [-0.2, 0) is 10.9 Å². The lowest BCUT2D eigenvalue weighted by Gasteiger charge is -2.29. The van der Waals surface area contributed by atoms with Gasteiger partial charge in [-0.05, 0) is 37.6 Å². The number of rotatable bonds is 5. The van der Waals surface area contributed by atoms with Gasteiger partial charge in [-0.1, -0.05) is 12.1 Å². The number of benzene rings is 1. The number of nitrogens with two attached hydrogens (primary N) is 1. The van der Waals surface area contributed by atoms with Crippen LogP contribution in [0.3, 0.4) is 0 Å². The normalized spacial score (nSPS) is 21.0. The van der Waals surface area contributed by atoms with E-state index in [4.69, 9.17) is 10.5 Å². The molecule has 1 heterocycles. The molecule has 0 aromatic heterocycles. The third kappa shape index (κ3) is 4.18. The molecule has 6 heteroatoms. The van der Waals surface area contributed by atoms with E-state index < -0.39 is 11.7 Å². The van der Waals surface area contributed by atoms with Gasteiger partial charge in [0.2, 0.25) is 0 Å². The lowest BCUT2D eigenvalue weighted by Crippen LogP contribution is -2.36. The first-order valence-electron chi connectivity index (χ1n) is 7.11. The van der Waals surface area contributed by atoms with E-state index >= 15 is 0 Å². The first-order chi connectivity index (χ1) is 9.91. The molecular formula is C15H21F3N2O. The van der Waals surface area contributed by atoms with Crippen LogP contribution in [0.25, 0.3) is 0 Å². The van der Waals surface area contributed by atoms with Crippen LogP contribution in [0, 0.1) is 0 Å². The second-order valence-corrected chi connectivity index (χ2v) is 5.45. The number of ether oxygens (including phenoxy) is 1. The average molecular weight is 302 g/mol. The van der Waals surface area contributed by atoms with Gasteiger partial charge in [-0.2, -0.15) is 13.2 Å². The second kappa shape index (κ2) is 6.77. The van der Waals surface area contributed by atoms with E-state index in [0.29, 0.717) is 12.1 Å². The Morgan fingerprint density at radius 2 is 2.19 bits per heavy atom.